The van der Waals surface area contributed by atoms with Gasteiger partial charge in [0, 0.05) is 29.1 Å². The first-order chi connectivity index (χ1) is 18.2. The van der Waals surface area contributed by atoms with Crippen molar-refractivity contribution in [1.82, 2.24) is 16.1 Å². The van der Waals surface area contributed by atoms with Crippen molar-refractivity contribution < 1.29 is 19.9 Å². The minimum Gasteiger partial charge on any atom is -0.391 e. The highest BCUT2D eigenvalue weighted by Crippen LogP contribution is 2.13. The molecule has 8 nitrogen and oxygen atoms in total. The average Bonchev–Trinajstić information content (AvgIpc) is 2.92. The van der Waals surface area contributed by atoms with E-state index < -0.39 is 18.1 Å². The van der Waals surface area contributed by atoms with Crippen molar-refractivity contribution in [3.63, 3.8) is 0 Å². The number of aliphatic hydroxyl groups is 1. The maximum atomic E-state index is 12.2. The highest BCUT2D eigenvalue weighted by Gasteiger charge is 2.23. The van der Waals surface area contributed by atoms with Crippen molar-refractivity contribution >= 4 is 23.2 Å². The number of carbonyl (C=O) groups excluding carboxylic acids is 2. The van der Waals surface area contributed by atoms with Crippen LogP contribution in [-0.2, 0) is 16.1 Å². The maximum absolute atomic E-state index is 12.2. The molecule has 0 unspecified atom stereocenters. The third-order valence-corrected chi connectivity index (χ3v) is 5.69. The molecule has 0 fully saturated rings. The number of rotatable bonds is 10. The Labute approximate surface area is 222 Å². The molecule has 0 radical (unpaired) electrons. The highest BCUT2D eigenvalue weighted by atomic mass is 16.5. The second kappa shape index (κ2) is 13.8. The Kier molecular flexibility index (Phi) is 10.2. The van der Waals surface area contributed by atoms with Crippen molar-refractivity contribution in [3.05, 3.63) is 107 Å². The van der Waals surface area contributed by atoms with Gasteiger partial charge in [0.15, 0.2) is 0 Å². The zero-order chi connectivity index (χ0) is 27.5. The van der Waals surface area contributed by atoms with Crippen LogP contribution in [0.4, 0.5) is 5.69 Å². The van der Waals surface area contributed by atoms with Gasteiger partial charge in [-0.15, -0.1) is 0 Å². The standard InChI is InChI=1S/C30H32N4O4/c1-20-4-6-25(7-5-20)18-31-19-28(36)33-27-16-12-24(13-17-27)9-8-23-10-14-26(15-11-23)21(2)32-29(22(3)35)30(37)34-38/h4-7,10-17,22,29,31-32,35,38H,2,18-19H2,1,3H3,(H,33,36)(H,34,37)/t22-,29+/m1/s1. The molecule has 0 spiro atoms. The second-order valence-corrected chi connectivity index (χ2v) is 8.86. The van der Waals surface area contributed by atoms with Crippen LogP contribution in [0.1, 0.15) is 34.7 Å². The Morgan fingerprint density at radius 1 is 0.921 bits per heavy atom. The zero-order valence-electron chi connectivity index (χ0n) is 21.4. The van der Waals surface area contributed by atoms with E-state index in [0.717, 1.165) is 16.7 Å². The van der Waals surface area contributed by atoms with E-state index >= 15 is 0 Å². The SMILES string of the molecule is C=C(N[C@H](C(=O)NO)[C@@H](C)O)c1ccc(C#Cc2ccc(NC(=O)CNCc3ccc(C)cc3)cc2)cc1. The van der Waals surface area contributed by atoms with Crippen LogP contribution in [0.25, 0.3) is 5.70 Å². The van der Waals surface area contributed by atoms with Crippen molar-refractivity contribution in [3.8, 4) is 11.8 Å². The van der Waals surface area contributed by atoms with Gasteiger partial charge >= 0.3 is 0 Å². The Hall–Kier alpha value is -4.42. The third-order valence-electron chi connectivity index (χ3n) is 5.69. The molecule has 38 heavy (non-hydrogen) atoms. The lowest BCUT2D eigenvalue weighted by molar-refractivity contribution is -0.133. The van der Waals surface area contributed by atoms with Crippen LogP contribution in [0.15, 0.2) is 79.4 Å². The average molecular weight is 513 g/mol. The summed E-state index contributed by atoms with van der Waals surface area (Å²) in [7, 11) is 0. The number of carbonyl (C=O) groups is 2. The minimum atomic E-state index is -1.05. The minimum absolute atomic E-state index is 0.121. The normalized spacial score (nSPS) is 11.9. The summed E-state index contributed by atoms with van der Waals surface area (Å²) < 4.78 is 0. The van der Waals surface area contributed by atoms with E-state index in [2.05, 4.69) is 34.4 Å². The van der Waals surface area contributed by atoms with Gasteiger partial charge in [0.2, 0.25) is 5.91 Å². The number of benzene rings is 3. The first-order valence-electron chi connectivity index (χ1n) is 12.1. The predicted octanol–water partition coefficient (Wildman–Crippen LogP) is 2.94. The predicted molar refractivity (Wildman–Crippen MR) is 148 cm³/mol. The fourth-order valence-electron chi connectivity index (χ4n) is 3.51. The Morgan fingerprint density at radius 2 is 1.50 bits per heavy atom. The molecule has 3 aromatic carbocycles. The molecule has 0 saturated carbocycles. The summed E-state index contributed by atoms with van der Waals surface area (Å²) in [5.41, 5.74) is 7.25. The summed E-state index contributed by atoms with van der Waals surface area (Å²) in [5, 5.41) is 27.4. The number of nitrogens with one attached hydrogen (secondary N) is 4. The van der Waals surface area contributed by atoms with Gasteiger partial charge in [0.1, 0.15) is 6.04 Å². The first kappa shape index (κ1) is 28.2. The van der Waals surface area contributed by atoms with Crippen molar-refractivity contribution in [1.29, 1.82) is 0 Å². The summed E-state index contributed by atoms with van der Waals surface area (Å²) in [5.74, 6) is 5.29. The largest absolute Gasteiger partial charge is 0.391 e. The van der Waals surface area contributed by atoms with E-state index in [4.69, 9.17) is 5.21 Å². The van der Waals surface area contributed by atoms with E-state index in [-0.39, 0.29) is 12.5 Å². The molecule has 0 heterocycles. The van der Waals surface area contributed by atoms with Crippen LogP contribution in [0, 0.1) is 18.8 Å². The summed E-state index contributed by atoms with van der Waals surface area (Å²) in [6.45, 7) is 8.20. The molecule has 0 aliphatic carbocycles. The molecular formula is C30H32N4O4. The Bertz CT molecular complexity index is 1310. The number of aryl methyl sites for hydroxylation is 1. The first-order valence-corrected chi connectivity index (χ1v) is 12.1. The summed E-state index contributed by atoms with van der Waals surface area (Å²) >= 11 is 0. The molecule has 2 atom stereocenters. The number of amides is 2. The van der Waals surface area contributed by atoms with Crippen LogP contribution in [0.5, 0.6) is 0 Å². The van der Waals surface area contributed by atoms with Gasteiger partial charge in [-0.2, -0.15) is 0 Å². The van der Waals surface area contributed by atoms with Gasteiger partial charge in [0.25, 0.3) is 5.91 Å². The van der Waals surface area contributed by atoms with Crippen LogP contribution < -0.4 is 21.4 Å². The van der Waals surface area contributed by atoms with E-state index in [1.54, 1.807) is 12.1 Å². The van der Waals surface area contributed by atoms with Crippen LogP contribution >= 0.6 is 0 Å². The zero-order valence-corrected chi connectivity index (χ0v) is 21.4. The topological polar surface area (TPSA) is 123 Å². The van der Waals surface area contributed by atoms with E-state index in [9.17, 15) is 14.7 Å². The van der Waals surface area contributed by atoms with Crippen LogP contribution in [-0.4, -0.2) is 40.8 Å². The highest BCUT2D eigenvalue weighted by molar-refractivity contribution is 5.92. The van der Waals surface area contributed by atoms with Crippen LogP contribution in [0.3, 0.4) is 0 Å². The molecule has 6 N–H and O–H groups in total. The molecule has 3 rings (SSSR count). The fraction of sp³-hybridized carbons (Fsp3) is 0.200. The fourth-order valence-corrected chi connectivity index (χ4v) is 3.51. The van der Waals surface area contributed by atoms with Gasteiger partial charge in [-0.1, -0.05) is 60.4 Å². The molecule has 0 aliphatic rings. The third kappa shape index (κ3) is 8.61. The number of aliphatic hydroxyl groups excluding tert-OH is 1. The van der Waals surface area contributed by atoms with Crippen molar-refractivity contribution in [2.24, 2.45) is 0 Å². The molecule has 2 amide bonds. The number of hydrogen-bond acceptors (Lipinski definition) is 6. The van der Waals surface area contributed by atoms with Crippen LogP contribution in [0.2, 0.25) is 0 Å². The van der Waals surface area contributed by atoms with Gasteiger partial charge in [-0.25, -0.2) is 5.48 Å². The lowest BCUT2D eigenvalue weighted by atomic mass is 10.1. The van der Waals surface area contributed by atoms with E-state index in [0.29, 0.717) is 23.5 Å². The smallest absolute Gasteiger partial charge is 0.268 e. The molecule has 0 aromatic heterocycles. The summed E-state index contributed by atoms with van der Waals surface area (Å²) in [4.78, 5) is 23.9. The van der Waals surface area contributed by atoms with E-state index in [1.165, 1.54) is 18.0 Å². The van der Waals surface area contributed by atoms with Gasteiger partial charge in [-0.3, -0.25) is 14.8 Å². The molecule has 0 aliphatic heterocycles. The maximum Gasteiger partial charge on any atom is 0.268 e. The Balaban J connectivity index is 1.50. The lowest BCUT2D eigenvalue weighted by Crippen LogP contribution is -2.48. The van der Waals surface area contributed by atoms with Crippen molar-refractivity contribution in [2.45, 2.75) is 32.5 Å². The van der Waals surface area contributed by atoms with Gasteiger partial charge < -0.3 is 21.1 Å². The molecule has 0 bridgehead atoms. The molecule has 196 valence electrons. The monoisotopic (exact) mass is 512 g/mol. The van der Waals surface area contributed by atoms with Gasteiger partial charge in [-0.05, 0) is 61.4 Å². The summed E-state index contributed by atoms with van der Waals surface area (Å²) in [6.07, 6.45) is -1.04. The lowest BCUT2D eigenvalue weighted by Gasteiger charge is -2.21. The van der Waals surface area contributed by atoms with Gasteiger partial charge in [0.05, 0.1) is 12.6 Å². The van der Waals surface area contributed by atoms with E-state index in [1.807, 2.05) is 67.6 Å². The number of hydroxylamine groups is 1. The molecule has 3 aromatic rings. The number of hydrogen-bond donors (Lipinski definition) is 6. The molecule has 8 heteroatoms. The molecule has 0 saturated heterocycles. The van der Waals surface area contributed by atoms with Crippen molar-refractivity contribution in [2.75, 3.05) is 11.9 Å². The second-order valence-electron chi connectivity index (χ2n) is 8.86. The Morgan fingerprint density at radius 3 is 2.05 bits per heavy atom. The molecular weight excluding hydrogens is 480 g/mol. The number of anilines is 1. The summed E-state index contributed by atoms with van der Waals surface area (Å²) in [6, 6.07) is 21.6. The quantitative estimate of drug-likeness (QED) is 0.141.